The molecule has 0 saturated heterocycles. The molecule has 0 aliphatic carbocycles. The molecule has 0 aliphatic heterocycles. The molecule has 0 bridgehead atoms. The van der Waals surface area contributed by atoms with Crippen LogP contribution in [0.3, 0.4) is 0 Å². The smallest absolute Gasteiger partial charge is 0.303 e. The summed E-state index contributed by atoms with van der Waals surface area (Å²) in [6.45, 7) is 0.688. The predicted octanol–water partition coefficient (Wildman–Crippen LogP) is 7.87. The first-order chi connectivity index (χ1) is 18.2. The van der Waals surface area contributed by atoms with Crippen LogP contribution in [-0.2, 0) is 17.6 Å². The fourth-order valence-corrected chi connectivity index (χ4v) is 4.46. The van der Waals surface area contributed by atoms with E-state index in [9.17, 15) is 10.1 Å². The van der Waals surface area contributed by atoms with Gasteiger partial charge in [-0.25, -0.2) is 0 Å². The summed E-state index contributed by atoms with van der Waals surface area (Å²) in [4.78, 5) is 10.9. The van der Waals surface area contributed by atoms with E-state index in [0.717, 1.165) is 61.8 Å². The van der Waals surface area contributed by atoms with Gasteiger partial charge in [0, 0.05) is 12.0 Å². The van der Waals surface area contributed by atoms with Gasteiger partial charge in [-0.05, 0) is 74.1 Å². The van der Waals surface area contributed by atoms with E-state index in [1.807, 2.05) is 42.5 Å². The second-order valence-electron chi connectivity index (χ2n) is 9.41. The number of carbonyl (C=O) groups is 1. The Bertz CT molecular complexity index is 1160. The molecule has 1 atom stereocenters. The van der Waals surface area contributed by atoms with E-state index in [-0.39, 0.29) is 12.3 Å². The largest absolute Gasteiger partial charge is 0.493 e. The van der Waals surface area contributed by atoms with Crippen LogP contribution in [0.25, 0.3) is 6.08 Å². The lowest BCUT2D eigenvalue weighted by Gasteiger charge is -2.15. The Kier molecular flexibility index (Phi) is 12.0. The van der Waals surface area contributed by atoms with Gasteiger partial charge in [0.1, 0.15) is 5.75 Å². The molecule has 1 N–H and O–H groups in total. The first-order valence-electron chi connectivity index (χ1n) is 13.3. The van der Waals surface area contributed by atoms with Crippen LogP contribution in [0, 0.1) is 17.2 Å². The standard InChI is InChI=1S/C33H37NO3/c34-26-31-19-8-7-18-30(31)25-28(16-6-11-21-33(35)36)22-23-29-17-9-10-20-32(29)37-24-12-2-5-15-27-13-3-1-4-14-27/h1,3-4,7-10,13-14,17-20,22-23,28H,2,5-6,11-12,15-16,21,24-25H2,(H,35,36). The van der Waals surface area contributed by atoms with Crippen molar-refractivity contribution in [2.24, 2.45) is 5.92 Å². The lowest BCUT2D eigenvalue weighted by molar-refractivity contribution is -0.137. The highest BCUT2D eigenvalue weighted by atomic mass is 16.5. The molecule has 0 fully saturated rings. The van der Waals surface area contributed by atoms with E-state index < -0.39 is 5.97 Å². The number of carboxylic acid groups (broad SMARTS) is 1. The first kappa shape index (κ1) is 27.7. The number of aryl methyl sites for hydroxylation is 1. The van der Waals surface area contributed by atoms with E-state index in [1.165, 1.54) is 5.56 Å². The van der Waals surface area contributed by atoms with Crippen LogP contribution in [0.1, 0.15) is 67.2 Å². The SMILES string of the molecule is N#Cc1ccccc1CC(C=Cc1ccccc1OCCCCCc1ccccc1)CCCCC(=O)O. The van der Waals surface area contributed by atoms with Crippen LogP contribution < -0.4 is 4.74 Å². The van der Waals surface area contributed by atoms with Crippen LogP contribution in [0.5, 0.6) is 5.75 Å². The molecule has 4 heteroatoms. The van der Waals surface area contributed by atoms with E-state index in [0.29, 0.717) is 18.6 Å². The molecule has 192 valence electrons. The highest BCUT2D eigenvalue weighted by Gasteiger charge is 2.11. The van der Waals surface area contributed by atoms with Gasteiger partial charge in [-0.3, -0.25) is 4.79 Å². The number of hydrogen-bond acceptors (Lipinski definition) is 3. The zero-order valence-electron chi connectivity index (χ0n) is 21.5. The van der Waals surface area contributed by atoms with Gasteiger partial charge >= 0.3 is 5.97 Å². The quantitative estimate of drug-likeness (QED) is 0.205. The van der Waals surface area contributed by atoms with Crippen molar-refractivity contribution in [1.29, 1.82) is 5.26 Å². The summed E-state index contributed by atoms with van der Waals surface area (Å²) >= 11 is 0. The number of rotatable bonds is 16. The molecule has 1 unspecified atom stereocenters. The van der Waals surface area contributed by atoms with Crippen LogP contribution in [-0.4, -0.2) is 17.7 Å². The summed E-state index contributed by atoms with van der Waals surface area (Å²) in [6.07, 6.45) is 12.0. The topological polar surface area (TPSA) is 70.3 Å². The summed E-state index contributed by atoms with van der Waals surface area (Å²) in [6, 6.07) is 28.7. The highest BCUT2D eigenvalue weighted by Crippen LogP contribution is 2.24. The van der Waals surface area contributed by atoms with Crippen molar-refractivity contribution in [1.82, 2.24) is 0 Å². The second kappa shape index (κ2) is 16.0. The minimum atomic E-state index is -0.756. The molecule has 3 aromatic carbocycles. The maximum atomic E-state index is 10.9. The van der Waals surface area contributed by atoms with E-state index in [4.69, 9.17) is 9.84 Å². The maximum absolute atomic E-state index is 10.9. The van der Waals surface area contributed by atoms with Crippen molar-refractivity contribution in [3.63, 3.8) is 0 Å². The molecule has 3 rings (SSSR count). The molecule has 0 spiro atoms. The van der Waals surface area contributed by atoms with Gasteiger partial charge < -0.3 is 9.84 Å². The third kappa shape index (κ3) is 10.4. The van der Waals surface area contributed by atoms with Crippen molar-refractivity contribution in [2.75, 3.05) is 6.61 Å². The number of aliphatic carboxylic acids is 1. The van der Waals surface area contributed by atoms with Crippen LogP contribution in [0.2, 0.25) is 0 Å². The predicted molar refractivity (Wildman–Crippen MR) is 149 cm³/mol. The van der Waals surface area contributed by atoms with Gasteiger partial charge in [-0.2, -0.15) is 5.26 Å². The molecule has 0 saturated carbocycles. The van der Waals surface area contributed by atoms with Gasteiger partial charge in [0.15, 0.2) is 0 Å². The van der Waals surface area contributed by atoms with E-state index in [2.05, 4.69) is 54.6 Å². The number of unbranched alkanes of at least 4 members (excludes halogenated alkanes) is 3. The molecule has 0 aromatic heterocycles. The third-order valence-corrected chi connectivity index (χ3v) is 6.51. The van der Waals surface area contributed by atoms with Gasteiger partial charge in [0.2, 0.25) is 0 Å². The van der Waals surface area contributed by atoms with Crippen molar-refractivity contribution in [3.05, 3.63) is 107 Å². The summed E-state index contributed by atoms with van der Waals surface area (Å²) in [7, 11) is 0. The summed E-state index contributed by atoms with van der Waals surface area (Å²) < 4.78 is 6.14. The van der Waals surface area contributed by atoms with Crippen molar-refractivity contribution in [3.8, 4) is 11.8 Å². The number of nitriles is 1. The molecule has 37 heavy (non-hydrogen) atoms. The first-order valence-corrected chi connectivity index (χ1v) is 13.3. The third-order valence-electron chi connectivity index (χ3n) is 6.51. The zero-order chi connectivity index (χ0) is 26.1. The zero-order valence-corrected chi connectivity index (χ0v) is 21.5. The second-order valence-corrected chi connectivity index (χ2v) is 9.41. The summed E-state index contributed by atoms with van der Waals surface area (Å²) in [5.74, 6) is 0.325. The Morgan fingerprint density at radius 3 is 2.46 bits per heavy atom. The number of allylic oxidation sites excluding steroid dienone is 1. The molecule has 0 amide bonds. The van der Waals surface area contributed by atoms with Crippen LogP contribution >= 0.6 is 0 Å². The summed E-state index contributed by atoms with van der Waals surface area (Å²) in [5, 5.41) is 18.5. The Balaban J connectivity index is 1.57. The lowest BCUT2D eigenvalue weighted by atomic mass is 9.91. The van der Waals surface area contributed by atoms with Gasteiger partial charge in [-0.1, -0.05) is 85.3 Å². The number of nitrogens with zero attached hydrogens (tertiary/aromatic N) is 1. The summed E-state index contributed by atoms with van der Waals surface area (Å²) in [5.41, 5.74) is 4.14. The van der Waals surface area contributed by atoms with E-state index >= 15 is 0 Å². The van der Waals surface area contributed by atoms with Crippen molar-refractivity contribution >= 4 is 12.0 Å². The number of ether oxygens (including phenoxy) is 1. The fourth-order valence-electron chi connectivity index (χ4n) is 4.46. The molecular formula is C33H37NO3. The monoisotopic (exact) mass is 495 g/mol. The van der Waals surface area contributed by atoms with Crippen LogP contribution in [0.15, 0.2) is 84.9 Å². The van der Waals surface area contributed by atoms with Gasteiger partial charge in [0.05, 0.1) is 18.2 Å². The average Bonchev–Trinajstić information content (AvgIpc) is 2.92. The Morgan fingerprint density at radius 2 is 1.65 bits per heavy atom. The number of carboxylic acids is 1. The minimum Gasteiger partial charge on any atom is -0.493 e. The number of hydrogen-bond donors (Lipinski definition) is 1. The van der Waals surface area contributed by atoms with Crippen molar-refractivity contribution < 1.29 is 14.6 Å². The number of para-hydroxylation sites is 1. The fraction of sp³-hybridized carbons (Fsp3) is 0.333. The molecule has 3 aromatic rings. The Labute approximate surface area is 221 Å². The average molecular weight is 496 g/mol. The normalized spacial score (nSPS) is 11.8. The maximum Gasteiger partial charge on any atom is 0.303 e. The van der Waals surface area contributed by atoms with Gasteiger partial charge in [0.25, 0.3) is 0 Å². The lowest BCUT2D eigenvalue weighted by Crippen LogP contribution is -2.04. The Hall–Kier alpha value is -3.84. The molecule has 0 heterocycles. The minimum absolute atomic E-state index is 0.188. The number of benzene rings is 3. The molecular weight excluding hydrogens is 458 g/mol. The Morgan fingerprint density at radius 1 is 0.892 bits per heavy atom. The van der Waals surface area contributed by atoms with E-state index in [1.54, 1.807) is 0 Å². The molecule has 4 nitrogen and oxygen atoms in total. The van der Waals surface area contributed by atoms with Crippen molar-refractivity contribution in [2.45, 2.75) is 57.8 Å². The van der Waals surface area contributed by atoms with Crippen LogP contribution in [0.4, 0.5) is 0 Å². The van der Waals surface area contributed by atoms with Gasteiger partial charge in [-0.15, -0.1) is 0 Å². The molecule has 0 radical (unpaired) electrons. The molecule has 0 aliphatic rings. The highest BCUT2D eigenvalue weighted by molar-refractivity contribution is 5.66.